The Bertz CT molecular complexity index is 120. The Morgan fingerprint density at radius 2 is 1.13 bits per heavy atom. The van der Waals surface area contributed by atoms with E-state index in [0.717, 1.165) is 0 Å². The van der Waals surface area contributed by atoms with E-state index in [0.29, 0.717) is 0 Å². The summed E-state index contributed by atoms with van der Waals surface area (Å²) in [6, 6.07) is -0.978. The Morgan fingerprint density at radius 3 is 1.33 bits per heavy atom. The Hall–Kier alpha value is 1.40. The molecule has 0 atom stereocenters. The summed E-state index contributed by atoms with van der Waals surface area (Å²) < 4.78 is 0. The predicted octanol–water partition coefficient (Wildman–Crippen LogP) is 5.44. The second-order valence-corrected chi connectivity index (χ2v) is 15.1. The van der Waals surface area contributed by atoms with Gasteiger partial charge in [-0.1, -0.05) is 0 Å². The normalized spacial score (nSPS) is 13.3. The molecule has 0 spiro atoms. The van der Waals surface area contributed by atoms with Crippen LogP contribution in [0.25, 0.3) is 0 Å². The fourth-order valence-corrected chi connectivity index (χ4v) is 12.8. The van der Waals surface area contributed by atoms with Gasteiger partial charge in [0.1, 0.15) is 0 Å². The van der Waals surface area contributed by atoms with Gasteiger partial charge in [0.25, 0.3) is 0 Å². The molecule has 0 rings (SSSR count). The molecule has 0 aromatic rings. The van der Waals surface area contributed by atoms with Crippen LogP contribution in [-0.4, -0.2) is 18.5 Å². The second kappa shape index (κ2) is 10.6. The van der Waals surface area contributed by atoms with E-state index in [2.05, 4.69) is 35.0 Å². The zero-order valence-corrected chi connectivity index (χ0v) is 14.1. The molecule has 0 nitrogen and oxygen atoms in total. The minimum atomic E-state index is -0.978. The fourth-order valence-electron chi connectivity index (χ4n) is 1.91. The summed E-state index contributed by atoms with van der Waals surface area (Å²) in [4.78, 5) is 0. The van der Waals surface area contributed by atoms with E-state index in [9.17, 15) is 0 Å². The van der Waals surface area contributed by atoms with Gasteiger partial charge in [-0.25, -0.2) is 0 Å². The second-order valence-electron chi connectivity index (χ2n) is 4.46. The van der Waals surface area contributed by atoms with Crippen molar-refractivity contribution in [2.75, 3.05) is 18.5 Å². The number of hydrogen-bond donors (Lipinski definition) is 0. The third kappa shape index (κ3) is 7.35. The average molecular weight is 342 g/mol. The SMILES string of the molecule is CCCC[PH](CCCC)(CCCC)[Ni][Br]. The van der Waals surface area contributed by atoms with Gasteiger partial charge in [-0.3, -0.25) is 0 Å². The molecule has 98 valence electrons. The molecule has 0 saturated heterocycles. The van der Waals surface area contributed by atoms with Gasteiger partial charge in [0, 0.05) is 0 Å². The quantitative estimate of drug-likeness (QED) is 0.366. The van der Waals surface area contributed by atoms with Crippen LogP contribution in [-0.2, 0) is 12.2 Å². The summed E-state index contributed by atoms with van der Waals surface area (Å²) in [7, 11) is 0. The van der Waals surface area contributed by atoms with Crippen molar-refractivity contribution in [2.24, 2.45) is 0 Å². The Labute approximate surface area is 110 Å². The molecule has 0 unspecified atom stereocenters. The first-order valence-electron chi connectivity index (χ1n) is 6.46. The van der Waals surface area contributed by atoms with Gasteiger partial charge >= 0.3 is 110 Å². The molecule has 0 aromatic heterocycles. The third-order valence-electron chi connectivity index (χ3n) is 3.02. The van der Waals surface area contributed by atoms with Gasteiger partial charge in [0.15, 0.2) is 0 Å². The van der Waals surface area contributed by atoms with Crippen LogP contribution in [0, 0.1) is 0 Å². The van der Waals surface area contributed by atoms with Crippen LogP contribution in [0.15, 0.2) is 0 Å². The topological polar surface area (TPSA) is 0 Å². The first-order chi connectivity index (χ1) is 7.24. The number of unbranched alkanes of at least 4 members (excludes halogenated alkanes) is 3. The summed E-state index contributed by atoms with van der Waals surface area (Å²) >= 11 is 5.67. The molecule has 0 saturated carbocycles. The predicted molar refractivity (Wildman–Crippen MR) is 76.6 cm³/mol. The summed E-state index contributed by atoms with van der Waals surface area (Å²) in [6.45, 7) is 6.96. The molecule has 0 heterocycles. The molecular weight excluding hydrogens is 314 g/mol. The Morgan fingerprint density at radius 1 is 0.800 bits per heavy atom. The third-order valence-corrected chi connectivity index (χ3v) is 16.9. The summed E-state index contributed by atoms with van der Waals surface area (Å²) in [5.41, 5.74) is 0. The zero-order chi connectivity index (χ0) is 11.6. The standard InChI is InChI=1S/C12H27P.BrH.Ni/c1-4-7-10-13(11-8-5-2)12-9-6-3;;/h4-12H2,1-3H3;1H;. The molecule has 15 heavy (non-hydrogen) atoms. The summed E-state index contributed by atoms with van der Waals surface area (Å²) in [5, 5.41) is 0. The zero-order valence-electron chi connectivity index (χ0n) is 10.6. The maximum atomic E-state index is 3.76. The molecule has 0 aromatic carbocycles. The van der Waals surface area contributed by atoms with Crippen molar-refractivity contribution in [1.29, 1.82) is 0 Å². The van der Waals surface area contributed by atoms with Crippen LogP contribution < -0.4 is 0 Å². The van der Waals surface area contributed by atoms with Crippen LogP contribution in [0.5, 0.6) is 0 Å². The summed E-state index contributed by atoms with van der Waals surface area (Å²) in [5.74, 6) is 0. The molecule has 0 aliphatic rings. The van der Waals surface area contributed by atoms with Gasteiger partial charge in [-0.2, -0.15) is 0 Å². The first kappa shape index (κ1) is 16.4. The molecular formula is C12H28BrNiP. The van der Waals surface area contributed by atoms with Crippen molar-refractivity contribution >= 4 is 20.3 Å². The van der Waals surface area contributed by atoms with Crippen molar-refractivity contribution in [3.8, 4) is 0 Å². The van der Waals surface area contributed by atoms with Crippen molar-refractivity contribution in [1.82, 2.24) is 0 Å². The van der Waals surface area contributed by atoms with Gasteiger partial charge in [-0.05, 0) is 0 Å². The van der Waals surface area contributed by atoms with Crippen LogP contribution in [0.1, 0.15) is 59.3 Å². The van der Waals surface area contributed by atoms with E-state index in [-0.39, 0.29) is 0 Å². The molecule has 3 heteroatoms. The van der Waals surface area contributed by atoms with Gasteiger partial charge < -0.3 is 0 Å². The Balaban J connectivity index is 4.16. The van der Waals surface area contributed by atoms with Crippen LogP contribution in [0.4, 0.5) is 0 Å². The van der Waals surface area contributed by atoms with E-state index >= 15 is 0 Å². The minimum absolute atomic E-state index is 0.978. The average Bonchev–Trinajstić information content (AvgIpc) is 2.29. The molecule has 0 N–H and O–H groups in total. The summed E-state index contributed by atoms with van der Waals surface area (Å²) in [6.07, 6.45) is 13.0. The van der Waals surface area contributed by atoms with Gasteiger partial charge in [0.05, 0.1) is 0 Å². The Kier molecular flexibility index (Phi) is 11.5. The van der Waals surface area contributed by atoms with Gasteiger partial charge in [0.2, 0.25) is 0 Å². The molecule has 0 radical (unpaired) electrons. The van der Waals surface area contributed by atoms with E-state index in [1.807, 2.05) is 12.2 Å². The van der Waals surface area contributed by atoms with Crippen LogP contribution in [0.3, 0.4) is 0 Å². The van der Waals surface area contributed by atoms with E-state index in [1.165, 1.54) is 57.0 Å². The molecule has 0 fully saturated rings. The monoisotopic (exact) mass is 340 g/mol. The number of halogens is 1. The van der Waals surface area contributed by atoms with Crippen molar-refractivity contribution < 1.29 is 12.2 Å². The van der Waals surface area contributed by atoms with Crippen molar-refractivity contribution in [2.45, 2.75) is 59.3 Å². The van der Waals surface area contributed by atoms with Crippen molar-refractivity contribution in [3.05, 3.63) is 0 Å². The number of hydrogen-bond acceptors (Lipinski definition) is 0. The molecule has 0 aliphatic heterocycles. The van der Waals surface area contributed by atoms with Gasteiger partial charge in [-0.15, -0.1) is 0 Å². The molecule has 0 amide bonds. The maximum absolute atomic E-state index is 3.76. The van der Waals surface area contributed by atoms with E-state index in [1.54, 1.807) is 0 Å². The van der Waals surface area contributed by atoms with E-state index in [4.69, 9.17) is 0 Å². The van der Waals surface area contributed by atoms with E-state index < -0.39 is 6.04 Å². The molecule has 0 bridgehead atoms. The molecule has 0 aliphatic carbocycles. The van der Waals surface area contributed by atoms with Crippen LogP contribution >= 0.6 is 20.3 Å². The van der Waals surface area contributed by atoms with Crippen LogP contribution in [0.2, 0.25) is 0 Å². The van der Waals surface area contributed by atoms with Crippen molar-refractivity contribution in [3.63, 3.8) is 0 Å². The fraction of sp³-hybridized carbons (Fsp3) is 1.00. The first-order valence-corrected chi connectivity index (χ1v) is 12.8. The number of rotatable bonds is 10.